The van der Waals surface area contributed by atoms with Gasteiger partial charge in [-0.1, -0.05) is 0 Å². The molecule has 0 aliphatic rings. The van der Waals surface area contributed by atoms with Gasteiger partial charge in [-0.2, -0.15) is 11.8 Å². The average molecular weight is 302 g/mol. The van der Waals surface area contributed by atoms with Crippen LogP contribution in [0.5, 0.6) is 0 Å². The first kappa shape index (κ1) is 16.5. The van der Waals surface area contributed by atoms with Crippen LogP contribution in [0.2, 0.25) is 0 Å². The van der Waals surface area contributed by atoms with Gasteiger partial charge in [0.15, 0.2) is 0 Å². The van der Waals surface area contributed by atoms with Gasteiger partial charge >= 0.3 is 0 Å². The lowest BCUT2D eigenvalue weighted by Gasteiger charge is -2.06. The van der Waals surface area contributed by atoms with Gasteiger partial charge in [0.1, 0.15) is 0 Å². The van der Waals surface area contributed by atoms with E-state index in [1.807, 2.05) is 6.92 Å². The number of aliphatic hydroxyl groups excluding tert-OH is 1. The quantitative estimate of drug-likeness (QED) is 0.687. The highest BCUT2D eigenvalue weighted by molar-refractivity contribution is 7.98. The van der Waals surface area contributed by atoms with Crippen molar-refractivity contribution < 1.29 is 9.90 Å². The van der Waals surface area contributed by atoms with Gasteiger partial charge < -0.3 is 10.4 Å². The summed E-state index contributed by atoms with van der Waals surface area (Å²) < 4.78 is 0. The van der Waals surface area contributed by atoms with Crippen LogP contribution in [-0.2, 0) is 10.5 Å². The number of amides is 1. The molecule has 0 saturated carbocycles. The topological polar surface area (TPSA) is 62.2 Å². The zero-order valence-electron chi connectivity index (χ0n) is 11.5. The lowest BCUT2D eigenvalue weighted by Crippen LogP contribution is -2.25. The molecule has 1 aromatic heterocycles. The van der Waals surface area contributed by atoms with Gasteiger partial charge in [0.2, 0.25) is 5.91 Å². The molecule has 0 radical (unpaired) electrons. The molecule has 0 aromatic carbocycles. The van der Waals surface area contributed by atoms with Crippen molar-refractivity contribution in [2.24, 2.45) is 0 Å². The number of rotatable bonds is 9. The summed E-state index contributed by atoms with van der Waals surface area (Å²) in [6, 6.07) is 0. The molecule has 1 amide bonds. The second kappa shape index (κ2) is 9.34. The molecule has 0 aliphatic carbocycles. The number of thiazole rings is 1. The highest BCUT2D eigenvalue weighted by Crippen LogP contribution is 2.15. The van der Waals surface area contributed by atoms with Gasteiger partial charge in [0, 0.05) is 29.9 Å². The molecule has 0 fully saturated rings. The second-order valence-corrected chi connectivity index (χ2v) is 6.67. The summed E-state index contributed by atoms with van der Waals surface area (Å²) in [4.78, 5) is 15.9. The summed E-state index contributed by atoms with van der Waals surface area (Å²) in [5.74, 6) is 1.78. The normalized spacial score (nSPS) is 12.4. The molecule has 0 saturated heterocycles. The van der Waals surface area contributed by atoms with Crippen molar-refractivity contribution in [2.75, 3.05) is 12.3 Å². The zero-order valence-corrected chi connectivity index (χ0v) is 13.1. The van der Waals surface area contributed by atoms with E-state index in [4.69, 9.17) is 5.11 Å². The lowest BCUT2D eigenvalue weighted by atomic mass is 10.2. The second-order valence-electron chi connectivity index (χ2n) is 4.50. The van der Waals surface area contributed by atoms with Crippen molar-refractivity contribution in [1.29, 1.82) is 0 Å². The number of carbonyl (C=O) groups is 1. The Balaban J connectivity index is 1.98. The van der Waals surface area contributed by atoms with E-state index in [0.29, 0.717) is 13.0 Å². The van der Waals surface area contributed by atoms with Crippen molar-refractivity contribution >= 4 is 29.0 Å². The maximum Gasteiger partial charge on any atom is 0.220 e. The Bertz CT molecular complexity index is 380. The van der Waals surface area contributed by atoms with Crippen molar-refractivity contribution in [3.8, 4) is 0 Å². The van der Waals surface area contributed by atoms with E-state index in [9.17, 15) is 4.79 Å². The number of carbonyl (C=O) groups excluding carboxylic acids is 1. The van der Waals surface area contributed by atoms with Gasteiger partial charge in [-0.25, -0.2) is 4.98 Å². The van der Waals surface area contributed by atoms with Gasteiger partial charge in [0.25, 0.3) is 0 Å². The fourth-order valence-corrected chi connectivity index (χ4v) is 3.08. The van der Waals surface area contributed by atoms with Crippen molar-refractivity contribution in [3.63, 3.8) is 0 Å². The van der Waals surface area contributed by atoms with E-state index in [1.165, 1.54) is 0 Å². The minimum absolute atomic E-state index is 0.0903. The van der Waals surface area contributed by atoms with Crippen molar-refractivity contribution in [1.82, 2.24) is 10.3 Å². The molecular formula is C13H22N2O2S2. The third-order valence-corrected chi connectivity index (χ3v) is 4.33. The molecule has 2 N–H and O–H groups in total. The highest BCUT2D eigenvalue weighted by atomic mass is 32.2. The molecule has 0 spiro atoms. The summed E-state index contributed by atoms with van der Waals surface area (Å²) in [6.45, 7) is 4.41. The Morgan fingerprint density at radius 1 is 1.63 bits per heavy atom. The molecule has 108 valence electrons. The first-order valence-electron chi connectivity index (χ1n) is 6.51. The third-order valence-electron chi connectivity index (χ3n) is 2.51. The molecule has 19 heavy (non-hydrogen) atoms. The van der Waals surface area contributed by atoms with Crippen molar-refractivity contribution in [3.05, 3.63) is 16.1 Å². The van der Waals surface area contributed by atoms with E-state index in [-0.39, 0.29) is 12.0 Å². The molecule has 0 aliphatic heterocycles. The van der Waals surface area contributed by atoms with Gasteiger partial charge in [0.05, 0.1) is 16.8 Å². The summed E-state index contributed by atoms with van der Waals surface area (Å²) in [5, 5.41) is 15.1. The minimum atomic E-state index is -0.283. The first-order chi connectivity index (χ1) is 9.08. The summed E-state index contributed by atoms with van der Waals surface area (Å²) >= 11 is 3.40. The molecule has 0 bridgehead atoms. The van der Waals surface area contributed by atoms with E-state index >= 15 is 0 Å². The number of hydrogen-bond acceptors (Lipinski definition) is 5. The van der Waals surface area contributed by atoms with Crippen LogP contribution in [0.4, 0.5) is 0 Å². The number of nitrogens with one attached hydrogen (secondary N) is 1. The third kappa shape index (κ3) is 8.23. The van der Waals surface area contributed by atoms with Crippen LogP contribution in [0.1, 0.15) is 36.9 Å². The molecule has 1 unspecified atom stereocenters. The number of aliphatic hydroxyl groups is 1. The Labute approximate surface area is 123 Å². The van der Waals surface area contributed by atoms with Crippen LogP contribution >= 0.6 is 23.1 Å². The Morgan fingerprint density at radius 2 is 2.42 bits per heavy atom. The van der Waals surface area contributed by atoms with Crippen LogP contribution in [0, 0.1) is 6.92 Å². The van der Waals surface area contributed by atoms with E-state index < -0.39 is 0 Å². The summed E-state index contributed by atoms with van der Waals surface area (Å²) in [5.41, 5.74) is 1.10. The highest BCUT2D eigenvalue weighted by Gasteiger charge is 2.03. The van der Waals surface area contributed by atoms with Crippen LogP contribution < -0.4 is 5.32 Å². The SMILES string of the molecule is Cc1nc(CSCCC(=O)NCCCC(C)O)cs1. The number of aromatic nitrogens is 1. The Hall–Kier alpha value is -0.590. The van der Waals surface area contributed by atoms with Crippen LogP contribution in [-0.4, -0.2) is 34.4 Å². The maximum absolute atomic E-state index is 11.5. The van der Waals surface area contributed by atoms with Crippen molar-refractivity contribution in [2.45, 2.75) is 45.0 Å². The van der Waals surface area contributed by atoms with Crippen LogP contribution in [0.25, 0.3) is 0 Å². The Kier molecular flexibility index (Phi) is 8.09. The number of aryl methyl sites for hydroxylation is 1. The standard InChI is InChI=1S/C13H22N2O2S2/c1-10(16)4-3-6-14-13(17)5-7-18-8-12-9-19-11(2)15-12/h9-10,16H,3-8H2,1-2H3,(H,14,17). The largest absolute Gasteiger partial charge is 0.393 e. The molecular weight excluding hydrogens is 280 g/mol. The molecule has 1 rings (SSSR count). The average Bonchev–Trinajstić information content (AvgIpc) is 2.76. The molecule has 4 nitrogen and oxygen atoms in total. The van der Waals surface area contributed by atoms with Crippen LogP contribution in [0.15, 0.2) is 5.38 Å². The molecule has 1 heterocycles. The molecule has 1 atom stereocenters. The smallest absolute Gasteiger partial charge is 0.220 e. The monoisotopic (exact) mass is 302 g/mol. The Morgan fingerprint density at radius 3 is 3.05 bits per heavy atom. The predicted molar refractivity (Wildman–Crippen MR) is 81.6 cm³/mol. The summed E-state index contributed by atoms with van der Waals surface area (Å²) in [7, 11) is 0. The van der Waals surface area contributed by atoms with E-state index in [2.05, 4.69) is 15.7 Å². The fraction of sp³-hybridized carbons (Fsp3) is 0.692. The zero-order chi connectivity index (χ0) is 14.1. The van der Waals surface area contributed by atoms with Gasteiger partial charge in [-0.3, -0.25) is 4.79 Å². The van der Waals surface area contributed by atoms with Gasteiger partial charge in [-0.05, 0) is 26.7 Å². The van der Waals surface area contributed by atoms with E-state index in [0.717, 1.165) is 35.0 Å². The molecule has 1 aromatic rings. The maximum atomic E-state index is 11.5. The molecule has 6 heteroatoms. The summed E-state index contributed by atoms with van der Waals surface area (Å²) in [6.07, 6.45) is 1.82. The first-order valence-corrected chi connectivity index (χ1v) is 8.55. The predicted octanol–water partition coefficient (Wildman–Crippen LogP) is 2.35. The van der Waals surface area contributed by atoms with E-state index in [1.54, 1.807) is 30.0 Å². The van der Waals surface area contributed by atoms with Gasteiger partial charge in [-0.15, -0.1) is 11.3 Å². The lowest BCUT2D eigenvalue weighted by molar-refractivity contribution is -0.120. The van der Waals surface area contributed by atoms with Crippen LogP contribution in [0.3, 0.4) is 0 Å². The minimum Gasteiger partial charge on any atom is -0.393 e. The number of nitrogens with zero attached hydrogens (tertiary/aromatic N) is 1. The number of hydrogen-bond donors (Lipinski definition) is 2. The fourth-order valence-electron chi connectivity index (χ4n) is 1.53. The number of thioether (sulfide) groups is 1.